The molecule has 0 amide bonds. The van der Waals surface area contributed by atoms with Crippen molar-refractivity contribution >= 4 is 11.8 Å². The summed E-state index contributed by atoms with van der Waals surface area (Å²) in [5.41, 5.74) is 0. The molecular weight excluding hydrogens is 1880 g/mol. The highest BCUT2D eigenvalue weighted by Crippen LogP contribution is 2.64. The van der Waals surface area contributed by atoms with E-state index in [0.29, 0.717) is 0 Å². The van der Waals surface area contributed by atoms with E-state index in [4.69, 9.17) is 128 Å². The van der Waals surface area contributed by atoms with Gasteiger partial charge in [-0.05, 0) is 5.75 Å². The Labute approximate surface area is 758 Å². The number of alkyl halides is 17. The van der Waals surface area contributed by atoms with Crippen molar-refractivity contribution < 1.29 is 259 Å². The van der Waals surface area contributed by atoms with Crippen LogP contribution in [-0.2, 0) is 128 Å². The van der Waals surface area contributed by atoms with Crippen LogP contribution in [0.3, 0.4) is 0 Å². The van der Waals surface area contributed by atoms with Crippen LogP contribution >= 0.6 is 11.8 Å². The van der Waals surface area contributed by atoms with Crippen molar-refractivity contribution in [2.75, 3.05) is 320 Å². The number of aliphatic hydroxyl groups excluding tert-OH is 11. The molecule has 0 radical (unpaired) electrons. The number of hydrogen-bond donors (Lipinski definition) is 11. The van der Waals surface area contributed by atoms with Crippen molar-refractivity contribution in [1.29, 1.82) is 0 Å². The van der Waals surface area contributed by atoms with Crippen LogP contribution in [0.4, 0.5) is 74.6 Å². The van der Waals surface area contributed by atoms with E-state index in [2.05, 4.69) is 0 Å². The Hall–Kier alpha value is -2.36. The van der Waals surface area contributed by atoms with E-state index in [0.717, 1.165) is 0 Å². The van der Waals surface area contributed by atoms with Crippen molar-refractivity contribution in [1.82, 2.24) is 0 Å². The summed E-state index contributed by atoms with van der Waals surface area (Å²) >= 11 is -0.0339. The van der Waals surface area contributed by atoms with Gasteiger partial charge in [0.2, 0.25) is 0 Å². The van der Waals surface area contributed by atoms with Crippen LogP contribution in [0.1, 0.15) is 6.42 Å². The third kappa shape index (κ3) is 53.5. The molecule has 132 heavy (non-hydrogen) atoms. The lowest BCUT2D eigenvalue weighted by molar-refractivity contribution is -0.461. The van der Waals surface area contributed by atoms with E-state index in [1.54, 1.807) is 0 Å². The Bertz CT molecular complexity index is 2720. The first-order chi connectivity index (χ1) is 62.1. The van der Waals surface area contributed by atoms with Gasteiger partial charge in [0.25, 0.3) is 0 Å². The van der Waals surface area contributed by atoms with E-state index in [1.165, 1.54) is 64.0 Å². The Balaban J connectivity index is 6.82. The molecule has 19 atom stereocenters. The summed E-state index contributed by atoms with van der Waals surface area (Å²) in [4.78, 5) is 0. The molecular formula is C76H137F17O38S. The first-order valence-corrected chi connectivity index (χ1v) is 42.1. The van der Waals surface area contributed by atoms with Crippen molar-refractivity contribution in [3.63, 3.8) is 0 Å². The molecule has 0 aromatic heterocycles. The number of methoxy groups -OCH3 is 9. The van der Waals surface area contributed by atoms with Gasteiger partial charge in [0.05, 0.1) is 251 Å². The number of hydrogen-bond acceptors (Lipinski definition) is 39. The first kappa shape index (κ1) is 130. The number of ether oxygens (including phenoxy) is 27. The minimum atomic E-state index is -8.84. The molecule has 0 aromatic carbocycles. The second-order valence-electron chi connectivity index (χ2n) is 29.7. The van der Waals surface area contributed by atoms with Crippen LogP contribution in [0.5, 0.6) is 0 Å². The van der Waals surface area contributed by atoms with Crippen molar-refractivity contribution in [3.05, 3.63) is 0 Å². The largest absolute Gasteiger partial charge is 0.460 e. The summed E-state index contributed by atoms with van der Waals surface area (Å²) in [7, 11) is 12.4. The van der Waals surface area contributed by atoms with Gasteiger partial charge < -0.3 is 184 Å². The fourth-order valence-electron chi connectivity index (χ4n) is 10.3. The zero-order chi connectivity index (χ0) is 100. The predicted molar refractivity (Wildman–Crippen MR) is 422 cm³/mol. The Kier molecular flexibility index (Phi) is 70.7. The maximum atomic E-state index is 15.1. The fraction of sp³-hybridized carbons (Fsp3) is 1.00. The standard InChI is InChI=1S/C76H137F17O38S/c1-105-12-50(94)17-114-26-58(102)31-129-66(44-121-22-55(99)20-116-36-61(111-7)35-115-18-51(95)13-106-2)45-123-28-60(104)33-131-68(49-132-11-10-69(77,78)70(79,80)71(81,82)72(83,84)73(85,86)74(87,88)75(89,90)76(91,92)93)48-124-25-57(101)24-122-43-65(42-120-23-56(100)21-117-37-62(112-8)39-125-41-64(34-110-6)127-29-53(97)15-108-4)130-32-59(103)27-118-38-63(113-9)40-126-47-67(128-30-54(98)16-109-5)46-119-19-52(96)14-107-3/h50-68,94-104H,10-49H2,1-9H3. The monoisotopic (exact) mass is 2010 g/mol. The van der Waals surface area contributed by atoms with Gasteiger partial charge in [-0.25, -0.2) is 0 Å². The lowest BCUT2D eigenvalue weighted by atomic mass is 9.88. The molecule has 0 rings (SSSR count). The van der Waals surface area contributed by atoms with Crippen molar-refractivity contribution in [3.8, 4) is 0 Å². The lowest BCUT2D eigenvalue weighted by Gasteiger charge is -2.42. The maximum absolute atomic E-state index is 15.1. The summed E-state index contributed by atoms with van der Waals surface area (Å²) in [6, 6.07) is 0. The van der Waals surface area contributed by atoms with Gasteiger partial charge in [-0.3, -0.25) is 0 Å². The highest BCUT2D eigenvalue weighted by atomic mass is 32.2. The average molecular weight is 2010 g/mol. The summed E-state index contributed by atoms with van der Waals surface area (Å²) in [5, 5.41) is 115. The summed E-state index contributed by atoms with van der Waals surface area (Å²) in [5.74, 6) is -60.4. The summed E-state index contributed by atoms with van der Waals surface area (Å²) < 4.78 is 387. The molecule has 0 saturated heterocycles. The van der Waals surface area contributed by atoms with Crippen LogP contribution in [0.25, 0.3) is 0 Å². The SMILES string of the molecule is COCC(O)COCC(O)COC(COCC(O)COCC(COCC(O)COC)OC)COCC(O)COC(COCC(O)COCC(COCC(O)COCC(COCC(COC)OCC(O)COC)OC)OCC(O)COCC(COCC(COCC(O)COC)OCC(O)COC)OC)CSCCC(F)(F)C(F)(F)C(F)(F)C(F)(F)C(F)(F)C(F)(F)C(F)(F)C(F)(F)F. The van der Waals surface area contributed by atoms with E-state index >= 15 is 8.78 Å². The minimum Gasteiger partial charge on any atom is -0.388 e. The van der Waals surface area contributed by atoms with E-state index in [9.17, 15) is 122 Å². The molecule has 38 nitrogen and oxygen atoms in total. The number of halogens is 17. The zero-order valence-electron chi connectivity index (χ0n) is 75.0. The molecule has 0 aromatic rings. The number of rotatable bonds is 93. The predicted octanol–water partition coefficient (Wildman–Crippen LogP) is 0.154. The highest BCUT2D eigenvalue weighted by Gasteiger charge is 2.95. The van der Waals surface area contributed by atoms with Gasteiger partial charge in [0.15, 0.2) is 0 Å². The number of thioether (sulfide) groups is 1. The Morgan fingerprint density at radius 2 is 0.356 bits per heavy atom. The van der Waals surface area contributed by atoms with Crippen molar-refractivity contribution in [2.24, 2.45) is 0 Å². The average Bonchev–Trinajstić information content (AvgIpc) is 0.694. The molecule has 0 fully saturated rings. The second kappa shape index (κ2) is 72.0. The van der Waals surface area contributed by atoms with Crippen LogP contribution < -0.4 is 0 Å². The smallest absolute Gasteiger partial charge is 0.388 e. The molecule has 0 aliphatic rings. The summed E-state index contributed by atoms with van der Waals surface area (Å²) in [6.45, 7) is -10.2. The normalized spacial score (nSPS) is 17.7. The lowest BCUT2D eigenvalue weighted by Crippen LogP contribution is -2.74. The van der Waals surface area contributed by atoms with Gasteiger partial charge in [0, 0.05) is 76.2 Å². The molecule has 0 spiro atoms. The third-order valence-corrected chi connectivity index (χ3v) is 18.5. The highest BCUT2D eigenvalue weighted by molar-refractivity contribution is 7.99. The number of aliphatic hydroxyl groups is 11. The quantitative estimate of drug-likeness (QED) is 0.0285. The van der Waals surface area contributed by atoms with Crippen LogP contribution in [0.2, 0.25) is 0 Å². The van der Waals surface area contributed by atoms with Gasteiger partial charge in [-0.15, -0.1) is 0 Å². The van der Waals surface area contributed by atoms with E-state index in [1.807, 2.05) is 0 Å². The molecule has 19 unspecified atom stereocenters. The van der Waals surface area contributed by atoms with Gasteiger partial charge >= 0.3 is 47.6 Å². The minimum absolute atomic E-state index is 0.00524. The molecule has 56 heteroatoms. The Morgan fingerprint density at radius 3 is 0.583 bits per heavy atom. The van der Waals surface area contributed by atoms with Crippen LogP contribution in [0.15, 0.2) is 0 Å². The molecule has 794 valence electrons. The van der Waals surface area contributed by atoms with Crippen LogP contribution in [-0.4, -0.2) is 540 Å². The van der Waals surface area contributed by atoms with Crippen LogP contribution in [0, 0.1) is 0 Å². The molecule has 0 aliphatic carbocycles. The maximum Gasteiger partial charge on any atom is 0.460 e. The third-order valence-electron chi connectivity index (χ3n) is 17.4. The molecule has 0 saturated carbocycles. The topological polar surface area (TPSA) is 472 Å². The Morgan fingerprint density at radius 1 is 0.189 bits per heavy atom. The molecule has 11 N–H and O–H groups in total. The van der Waals surface area contributed by atoms with E-state index in [-0.39, 0.29) is 170 Å². The zero-order valence-corrected chi connectivity index (χ0v) is 75.8. The fourth-order valence-corrected chi connectivity index (χ4v) is 11.3. The van der Waals surface area contributed by atoms with Gasteiger partial charge in [0.1, 0.15) is 110 Å². The van der Waals surface area contributed by atoms with Gasteiger partial charge in [-0.2, -0.15) is 86.4 Å². The summed E-state index contributed by atoms with van der Waals surface area (Å²) in [6.07, 6.45) is -31.6. The first-order valence-electron chi connectivity index (χ1n) is 41.0. The van der Waals surface area contributed by atoms with Gasteiger partial charge in [-0.1, -0.05) is 0 Å². The van der Waals surface area contributed by atoms with Crippen molar-refractivity contribution in [2.45, 2.75) is 170 Å². The molecule has 0 aliphatic heterocycles. The van der Waals surface area contributed by atoms with E-state index < -0.39 is 267 Å². The molecule has 0 heterocycles. The molecule has 0 bridgehead atoms. The second-order valence-corrected chi connectivity index (χ2v) is 30.9.